The Kier molecular flexibility index (Phi) is 5.63. The van der Waals surface area contributed by atoms with Crippen molar-refractivity contribution in [2.24, 2.45) is 0 Å². The molecule has 1 aromatic heterocycles. The van der Waals surface area contributed by atoms with Gasteiger partial charge in [-0.15, -0.1) is 0 Å². The Morgan fingerprint density at radius 1 is 1.27 bits per heavy atom. The quantitative estimate of drug-likeness (QED) is 0.465. The summed E-state index contributed by atoms with van der Waals surface area (Å²) >= 11 is 9.16. The van der Waals surface area contributed by atoms with E-state index in [1.165, 1.54) is 19.2 Å². The van der Waals surface area contributed by atoms with Crippen LogP contribution in [-0.4, -0.2) is 30.0 Å². The number of halogens is 2. The van der Waals surface area contributed by atoms with Crippen LogP contribution in [0.5, 0.6) is 5.75 Å². The average molecular weight is 387 g/mol. The first-order valence-corrected chi connectivity index (χ1v) is 7.59. The molecule has 2 rings (SSSR count). The number of esters is 1. The van der Waals surface area contributed by atoms with Gasteiger partial charge < -0.3 is 14.5 Å². The van der Waals surface area contributed by atoms with E-state index in [2.05, 4.69) is 20.9 Å². The van der Waals surface area contributed by atoms with E-state index in [0.717, 1.165) is 4.47 Å². The number of H-pyrrole nitrogens is 1. The minimum atomic E-state index is -0.536. The highest BCUT2D eigenvalue weighted by atomic mass is 79.9. The zero-order valence-corrected chi connectivity index (χ0v) is 14.0. The van der Waals surface area contributed by atoms with Crippen molar-refractivity contribution in [2.45, 2.75) is 6.92 Å². The second kappa shape index (κ2) is 7.47. The Bertz CT molecular complexity index is 699. The fourth-order valence-corrected chi connectivity index (χ4v) is 2.47. The summed E-state index contributed by atoms with van der Waals surface area (Å²) in [6.07, 6.45) is 1.47. The summed E-state index contributed by atoms with van der Waals surface area (Å²) in [5, 5.41) is 0.596. The molecule has 1 aromatic carbocycles. The molecule has 116 valence electrons. The van der Waals surface area contributed by atoms with Gasteiger partial charge in [-0.1, -0.05) is 11.6 Å². The Morgan fingerprint density at radius 3 is 2.68 bits per heavy atom. The molecule has 0 saturated heterocycles. The van der Waals surface area contributed by atoms with Crippen LogP contribution in [-0.2, 0) is 4.74 Å². The minimum Gasteiger partial charge on any atom is -0.489 e. The molecule has 0 aliphatic carbocycles. The number of rotatable bonds is 6. The lowest BCUT2D eigenvalue weighted by molar-refractivity contribution is 0.0444. The maximum atomic E-state index is 11.8. The molecular formula is C15H13BrClNO4. The van der Waals surface area contributed by atoms with Crippen molar-refractivity contribution >= 4 is 39.3 Å². The second-order valence-electron chi connectivity index (χ2n) is 4.42. The van der Waals surface area contributed by atoms with Crippen LogP contribution in [0.2, 0.25) is 5.02 Å². The normalized spacial score (nSPS) is 10.3. The SMILES string of the molecule is CC(=O)c1c[nH]c(C(=O)OCCOc2ccc(Cl)cc2Br)c1. The van der Waals surface area contributed by atoms with Gasteiger partial charge in [-0.2, -0.15) is 0 Å². The van der Waals surface area contributed by atoms with Crippen molar-refractivity contribution in [2.75, 3.05) is 13.2 Å². The molecule has 0 aliphatic rings. The highest BCUT2D eigenvalue weighted by Gasteiger charge is 2.12. The molecule has 0 aliphatic heterocycles. The van der Waals surface area contributed by atoms with E-state index in [1.54, 1.807) is 18.2 Å². The van der Waals surface area contributed by atoms with Gasteiger partial charge in [-0.25, -0.2) is 4.79 Å². The van der Waals surface area contributed by atoms with E-state index in [-0.39, 0.29) is 24.7 Å². The Labute approximate surface area is 140 Å². The Morgan fingerprint density at radius 2 is 2.05 bits per heavy atom. The van der Waals surface area contributed by atoms with Gasteiger partial charge in [-0.05, 0) is 47.1 Å². The number of hydrogen-bond donors (Lipinski definition) is 1. The van der Waals surface area contributed by atoms with Gasteiger partial charge in [0.15, 0.2) is 5.78 Å². The number of Topliss-reactive ketones (excluding diaryl/α,β-unsaturated/α-hetero) is 1. The third-order valence-electron chi connectivity index (χ3n) is 2.78. The van der Waals surface area contributed by atoms with E-state index >= 15 is 0 Å². The molecule has 0 fully saturated rings. The maximum Gasteiger partial charge on any atom is 0.354 e. The van der Waals surface area contributed by atoms with E-state index in [1.807, 2.05) is 0 Å². The molecule has 0 atom stereocenters. The van der Waals surface area contributed by atoms with Crippen molar-refractivity contribution in [3.8, 4) is 5.75 Å². The van der Waals surface area contributed by atoms with E-state index in [4.69, 9.17) is 21.1 Å². The van der Waals surface area contributed by atoms with Crippen molar-refractivity contribution in [3.63, 3.8) is 0 Å². The largest absolute Gasteiger partial charge is 0.489 e. The molecule has 0 amide bonds. The van der Waals surface area contributed by atoms with Crippen molar-refractivity contribution < 1.29 is 19.1 Å². The number of carbonyl (C=O) groups is 2. The summed E-state index contributed by atoms with van der Waals surface area (Å²) in [6, 6.07) is 6.60. The lowest BCUT2D eigenvalue weighted by Gasteiger charge is -2.08. The molecule has 0 spiro atoms. The highest BCUT2D eigenvalue weighted by molar-refractivity contribution is 9.10. The first-order chi connectivity index (χ1) is 10.5. The standard InChI is InChI=1S/C15H13BrClNO4/c1-9(19)10-6-13(18-8-10)15(20)22-5-4-21-14-3-2-11(17)7-12(14)16/h2-3,6-8,18H,4-5H2,1H3. The first-order valence-electron chi connectivity index (χ1n) is 6.41. The molecular weight excluding hydrogens is 374 g/mol. The number of ether oxygens (including phenoxy) is 2. The van der Waals surface area contributed by atoms with Crippen LogP contribution in [0.4, 0.5) is 0 Å². The molecule has 0 unspecified atom stereocenters. The van der Waals surface area contributed by atoms with Gasteiger partial charge in [0.1, 0.15) is 24.7 Å². The van der Waals surface area contributed by atoms with Gasteiger partial charge >= 0.3 is 5.97 Å². The summed E-state index contributed by atoms with van der Waals surface area (Å²) in [5.41, 5.74) is 0.672. The third kappa shape index (κ3) is 4.35. The van der Waals surface area contributed by atoms with Gasteiger partial charge in [0.05, 0.1) is 4.47 Å². The smallest absolute Gasteiger partial charge is 0.354 e. The van der Waals surface area contributed by atoms with Crippen LogP contribution in [0.15, 0.2) is 34.9 Å². The maximum absolute atomic E-state index is 11.8. The lowest BCUT2D eigenvalue weighted by Crippen LogP contribution is -2.12. The second-order valence-corrected chi connectivity index (χ2v) is 5.71. The number of aromatic amines is 1. The van der Waals surface area contributed by atoms with Gasteiger partial charge in [0, 0.05) is 16.8 Å². The number of hydrogen-bond acceptors (Lipinski definition) is 4. The van der Waals surface area contributed by atoms with Gasteiger partial charge in [-0.3, -0.25) is 4.79 Å². The molecule has 0 bridgehead atoms. The van der Waals surface area contributed by atoms with E-state index in [9.17, 15) is 9.59 Å². The predicted molar refractivity (Wildman–Crippen MR) is 85.7 cm³/mol. The molecule has 7 heteroatoms. The fourth-order valence-electron chi connectivity index (χ4n) is 1.67. The number of aromatic nitrogens is 1. The van der Waals surface area contributed by atoms with Crippen LogP contribution < -0.4 is 4.74 Å². The molecule has 5 nitrogen and oxygen atoms in total. The van der Waals surface area contributed by atoms with Crippen LogP contribution >= 0.6 is 27.5 Å². The minimum absolute atomic E-state index is 0.0856. The van der Waals surface area contributed by atoms with E-state index in [0.29, 0.717) is 16.3 Å². The fraction of sp³-hybridized carbons (Fsp3) is 0.200. The van der Waals surface area contributed by atoms with Crippen LogP contribution in [0.1, 0.15) is 27.8 Å². The average Bonchev–Trinajstić information content (AvgIpc) is 2.95. The Hall–Kier alpha value is -1.79. The van der Waals surface area contributed by atoms with Crippen LogP contribution in [0.3, 0.4) is 0 Å². The predicted octanol–water partition coefficient (Wildman–Crippen LogP) is 3.87. The first kappa shape index (κ1) is 16.6. The molecule has 2 aromatic rings. The van der Waals surface area contributed by atoms with E-state index < -0.39 is 5.97 Å². The number of ketones is 1. The molecule has 22 heavy (non-hydrogen) atoms. The summed E-state index contributed by atoms with van der Waals surface area (Å²) in [4.78, 5) is 25.6. The summed E-state index contributed by atoms with van der Waals surface area (Å²) in [7, 11) is 0. The zero-order chi connectivity index (χ0) is 16.1. The summed E-state index contributed by atoms with van der Waals surface area (Å²) < 4.78 is 11.3. The molecule has 1 heterocycles. The van der Waals surface area contributed by atoms with Gasteiger partial charge in [0.25, 0.3) is 0 Å². The topological polar surface area (TPSA) is 68.4 Å². The Balaban J connectivity index is 1.80. The molecule has 1 N–H and O–H groups in total. The monoisotopic (exact) mass is 385 g/mol. The summed E-state index contributed by atoms with van der Waals surface area (Å²) in [5.74, 6) is -0.0447. The number of carbonyl (C=O) groups excluding carboxylic acids is 2. The zero-order valence-electron chi connectivity index (χ0n) is 11.7. The van der Waals surface area contributed by atoms with Crippen molar-refractivity contribution in [1.29, 1.82) is 0 Å². The van der Waals surface area contributed by atoms with Crippen molar-refractivity contribution in [1.82, 2.24) is 4.98 Å². The van der Waals surface area contributed by atoms with Crippen LogP contribution in [0, 0.1) is 0 Å². The number of benzene rings is 1. The molecule has 0 saturated carbocycles. The highest BCUT2D eigenvalue weighted by Crippen LogP contribution is 2.27. The lowest BCUT2D eigenvalue weighted by atomic mass is 10.2. The molecule has 0 radical (unpaired) electrons. The van der Waals surface area contributed by atoms with Crippen LogP contribution in [0.25, 0.3) is 0 Å². The summed E-state index contributed by atoms with van der Waals surface area (Å²) in [6.45, 7) is 1.71. The van der Waals surface area contributed by atoms with Gasteiger partial charge in [0.2, 0.25) is 0 Å². The van der Waals surface area contributed by atoms with Crippen molar-refractivity contribution in [3.05, 3.63) is 51.2 Å². The third-order valence-corrected chi connectivity index (χ3v) is 3.63. The number of nitrogens with one attached hydrogen (secondary N) is 1.